The van der Waals surface area contributed by atoms with E-state index in [4.69, 9.17) is 4.74 Å². The van der Waals surface area contributed by atoms with Gasteiger partial charge in [0.15, 0.2) is 0 Å². The molecule has 150 valence electrons. The molecule has 25 heavy (non-hydrogen) atoms. The molecule has 0 rings (SSSR count). The van der Waals surface area contributed by atoms with Crippen LogP contribution in [0.15, 0.2) is 0 Å². The fraction of sp³-hybridized carbons (Fsp3) is 0.955. The Morgan fingerprint density at radius 2 is 1.20 bits per heavy atom. The third-order valence-electron chi connectivity index (χ3n) is 4.56. The first-order valence-electron chi connectivity index (χ1n) is 10.7. The van der Waals surface area contributed by atoms with E-state index in [-0.39, 0.29) is 17.7 Å². The van der Waals surface area contributed by atoms with Crippen molar-refractivity contribution in [3.8, 4) is 0 Å². The third-order valence-corrected chi connectivity index (χ3v) is 4.56. The van der Waals surface area contributed by atoms with Crippen molar-refractivity contribution in [3.63, 3.8) is 0 Å². The van der Waals surface area contributed by atoms with Crippen molar-refractivity contribution in [3.05, 3.63) is 0 Å². The van der Waals surface area contributed by atoms with Gasteiger partial charge < -0.3 is 9.84 Å². The third kappa shape index (κ3) is 19.6. The average Bonchev–Trinajstić information content (AvgIpc) is 2.53. The lowest BCUT2D eigenvalue weighted by Gasteiger charge is -2.19. The Hall–Kier alpha value is -0.570. The monoisotopic (exact) mass is 356 g/mol. The number of rotatable bonds is 16. The molecule has 0 aromatic carbocycles. The Kier molecular flexibility index (Phi) is 15.3. The van der Waals surface area contributed by atoms with Crippen LogP contribution in [0.2, 0.25) is 0 Å². The molecule has 3 heteroatoms. The van der Waals surface area contributed by atoms with Gasteiger partial charge in [0.25, 0.3) is 0 Å². The van der Waals surface area contributed by atoms with Gasteiger partial charge in [-0.2, -0.15) is 0 Å². The summed E-state index contributed by atoms with van der Waals surface area (Å²) in [6, 6.07) is 0. The molecule has 0 aliphatic rings. The largest absolute Gasteiger partial charge is 0.460 e. The standard InChI is InChI=1S/C22H44O3/c1-5-20(23)18-16-14-12-10-8-6-7-9-11-13-15-17-19-21(24)25-22(2,3)4/h20,23H,5-19H2,1-4H3. The van der Waals surface area contributed by atoms with Crippen LogP contribution in [0, 0.1) is 0 Å². The van der Waals surface area contributed by atoms with E-state index in [0.29, 0.717) is 6.42 Å². The first-order valence-corrected chi connectivity index (χ1v) is 10.7. The summed E-state index contributed by atoms with van der Waals surface area (Å²) in [6.45, 7) is 7.80. The maximum absolute atomic E-state index is 11.6. The summed E-state index contributed by atoms with van der Waals surface area (Å²) in [5.74, 6) is -0.0586. The minimum absolute atomic E-state index is 0.0586. The van der Waals surface area contributed by atoms with Crippen LogP contribution < -0.4 is 0 Å². The van der Waals surface area contributed by atoms with Crippen LogP contribution in [0.3, 0.4) is 0 Å². The molecular weight excluding hydrogens is 312 g/mol. The van der Waals surface area contributed by atoms with Gasteiger partial charge in [0.2, 0.25) is 0 Å². The minimum Gasteiger partial charge on any atom is -0.460 e. The molecule has 1 atom stereocenters. The summed E-state index contributed by atoms with van der Waals surface area (Å²) >= 11 is 0. The van der Waals surface area contributed by atoms with E-state index in [1.165, 1.54) is 64.2 Å². The Labute approximate surface area is 156 Å². The van der Waals surface area contributed by atoms with Crippen LogP contribution >= 0.6 is 0 Å². The molecule has 0 saturated heterocycles. The molecule has 0 fully saturated rings. The van der Waals surface area contributed by atoms with E-state index in [1.807, 2.05) is 27.7 Å². The van der Waals surface area contributed by atoms with Gasteiger partial charge in [-0.1, -0.05) is 77.6 Å². The van der Waals surface area contributed by atoms with Gasteiger partial charge in [0, 0.05) is 6.42 Å². The minimum atomic E-state index is -0.353. The predicted molar refractivity (Wildman–Crippen MR) is 107 cm³/mol. The summed E-state index contributed by atoms with van der Waals surface area (Å²) < 4.78 is 5.31. The lowest BCUT2D eigenvalue weighted by Crippen LogP contribution is -2.23. The second-order valence-electron chi connectivity index (χ2n) is 8.43. The Morgan fingerprint density at radius 3 is 1.60 bits per heavy atom. The normalized spacial score (nSPS) is 13.0. The van der Waals surface area contributed by atoms with Crippen molar-refractivity contribution < 1.29 is 14.6 Å². The van der Waals surface area contributed by atoms with Crippen molar-refractivity contribution in [2.24, 2.45) is 0 Å². The van der Waals surface area contributed by atoms with Gasteiger partial charge in [-0.25, -0.2) is 0 Å². The van der Waals surface area contributed by atoms with E-state index in [1.54, 1.807) is 0 Å². The highest BCUT2D eigenvalue weighted by Crippen LogP contribution is 2.15. The zero-order chi connectivity index (χ0) is 19.0. The molecule has 3 nitrogen and oxygen atoms in total. The molecule has 0 aliphatic heterocycles. The topological polar surface area (TPSA) is 46.5 Å². The molecule has 0 aliphatic carbocycles. The molecule has 1 unspecified atom stereocenters. The van der Waals surface area contributed by atoms with Crippen molar-refractivity contribution in [1.82, 2.24) is 0 Å². The van der Waals surface area contributed by atoms with E-state index in [0.717, 1.165) is 25.7 Å². The SMILES string of the molecule is CCC(O)CCCCCCCCCCCCCCC(=O)OC(C)(C)C. The highest BCUT2D eigenvalue weighted by molar-refractivity contribution is 5.69. The van der Waals surface area contributed by atoms with Crippen molar-refractivity contribution in [2.75, 3.05) is 0 Å². The molecular formula is C22H44O3. The number of ether oxygens (including phenoxy) is 1. The van der Waals surface area contributed by atoms with Crippen molar-refractivity contribution in [2.45, 2.75) is 136 Å². The van der Waals surface area contributed by atoms with Crippen LogP contribution in [0.25, 0.3) is 0 Å². The lowest BCUT2D eigenvalue weighted by atomic mass is 10.0. The molecule has 0 radical (unpaired) electrons. The first kappa shape index (κ1) is 24.4. The van der Waals surface area contributed by atoms with Crippen LogP contribution in [0.1, 0.15) is 124 Å². The maximum atomic E-state index is 11.6. The summed E-state index contributed by atoms with van der Waals surface area (Å²) in [5, 5.41) is 9.48. The fourth-order valence-electron chi connectivity index (χ4n) is 3.01. The number of hydrogen-bond donors (Lipinski definition) is 1. The summed E-state index contributed by atoms with van der Waals surface area (Å²) in [4.78, 5) is 11.6. The Balaban J connectivity index is 3.18. The quantitative estimate of drug-likeness (QED) is 0.251. The van der Waals surface area contributed by atoms with Crippen molar-refractivity contribution >= 4 is 5.97 Å². The molecule has 0 heterocycles. The molecule has 0 aromatic heterocycles. The van der Waals surface area contributed by atoms with E-state index in [2.05, 4.69) is 0 Å². The average molecular weight is 357 g/mol. The molecule has 0 bridgehead atoms. The second-order valence-corrected chi connectivity index (χ2v) is 8.43. The Bertz CT molecular complexity index is 307. The van der Waals surface area contributed by atoms with Gasteiger partial charge >= 0.3 is 5.97 Å². The summed E-state index contributed by atoms with van der Waals surface area (Å²) in [5.41, 5.74) is -0.353. The highest BCUT2D eigenvalue weighted by atomic mass is 16.6. The number of carbonyl (C=O) groups excluding carboxylic acids is 1. The number of aliphatic hydroxyl groups is 1. The molecule has 0 spiro atoms. The van der Waals surface area contributed by atoms with Crippen LogP contribution in [0.4, 0.5) is 0 Å². The number of esters is 1. The number of carbonyl (C=O) groups is 1. The fourth-order valence-corrected chi connectivity index (χ4v) is 3.01. The predicted octanol–water partition coefficient (Wildman–Crippen LogP) is 6.56. The molecule has 0 saturated carbocycles. The first-order chi connectivity index (χ1) is 11.8. The van der Waals surface area contributed by atoms with Gasteiger partial charge in [-0.15, -0.1) is 0 Å². The van der Waals surface area contributed by atoms with Gasteiger partial charge in [0.05, 0.1) is 6.10 Å². The Morgan fingerprint density at radius 1 is 0.800 bits per heavy atom. The van der Waals surface area contributed by atoms with Gasteiger partial charge in [-0.3, -0.25) is 4.79 Å². The zero-order valence-electron chi connectivity index (χ0n) is 17.4. The van der Waals surface area contributed by atoms with Crippen LogP contribution in [-0.4, -0.2) is 22.8 Å². The van der Waals surface area contributed by atoms with E-state index >= 15 is 0 Å². The number of hydrogen-bond acceptors (Lipinski definition) is 3. The summed E-state index contributed by atoms with van der Waals surface area (Å²) in [6.07, 6.45) is 17.5. The summed E-state index contributed by atoms with van der Waals surface area (Å²) in [7, 11) is 0. The molecule has 0 aromatic rings. The highest BCUT2D eigenvalue weighted by Gasteiger charge is 2.15. The van der Waals surface area contributed by atoms with Crippen LogP contribution in [0.5, 0.6) is 0 Å². The zero-order valence-corrected chi connectivity index (χ0v) is 17.4. The number of unbranched alkanes of at least 4 members (excludes halogenated alkanes) is 11. The van der Waals surface area contributed by atoms with Gasteiger partial charge in [0.1, 0.15) is 5.60 Å². The van der Waals surface area contributed by atoms with Crippen LogP contribution in [-0.2, 0) is 9.53 Å². The van der Waals surface area contributed by atoms with Crippen molar-refractivity contribution in [1.29, 1.82) is 0 Å². The van der Waals surface area contributed by atoms with E-state index in [9.17, 15) is 9.90 Å². The van der Waals surface area contributed by atoms with E-state index < -0.39 is 0 Å². The second kappa shape index (κ2) is 15.7. The molecule has 1 N–H and O–H groups in total. The van der Waals surface area contributed by atoms with Gasteiger partial charge in [-0.05, 0) is 40.0 Å². The smallest absolute Gasteiger partial charge is 0.306 e. The lowest BCUT2D eigenvalue weighted by molar-refractivity contribution is -0.154. The number of aliphatic hydroxyl groups excluding tert-OH is 1. The maximum Gasteiger partial charge on any atom is 0.306 e. The molecule has 0 amide bonds.